The van der Waals surface area contributed by atoms with Gasteiger partial charge in [-0.15, -0.1) is 0 Å². The van der Waals surface area contributed by atoms with E-state index in [-0.39, 0.29) is 18.4 Å². The van der Waals surface area contributed by atoms with Crippen LogP contribution in [0.1, 0.15) is 17.7 Å². The van der Waals surface area contributed by atoms with Crippen LogP contribution in [0.5, 0.6) is 5.75 Å². The summed E-state index contributed by atoms with van der Waals surface area (Å²) in [6.07, 6.45) is 1.20. The van der Waals surface area contributed by atoms with Crippen LogP contribution in [-0.2, 0) is 17.8 Å². The number of ether oxygens (including phenoxy) is 1. The molecule has 1 aliphatic heterocycles. The van der Waals surface area contributed by atoms with E-state index in [0.29, 0.717) is 24.4 Å². The smallest absolute Gasteiger partial charge is 0.433 e. The van der Waals surface area contributed by atoms with E-state index in [4.69, 9.17) is 9.15 Å². The van der Waals surface area contributed by atoms with Crippen LogP contribution in [-0.4, -0.2) is 10.8 Å². The van der Waals surface area contributed by atoms with E-state index in [9.17, 15) is 14.9 Å². The zero-order valence-corrected chi connectivity index (χ0v) is 11.0. The van der Waals surface area contributed by atoms with Gasteiger partial charge in [-0.3, -0.25) is 14.9 Å². The predicted molar refractivity (Wildman–Crippen MR) is 73.1 cm³/mol. The first-order valence-corrected chi connectivity index (χ1v) is 6.40. The number of hydrogen-bond acceptors (Lipinski definition) is 5. The Balaban J connectivity index is 1.69. The highest BCUT2D eigenvalue weighted by Gasteiger charge is 2.16. The van der Waals surface area contributed by atoms with E-state index in [0.717, 1.165) is 11.3 Å². The molecule has 3 rings (SSSR count). The molecule has 7 nitrogen and oxygen atoms in total. The summed E-state index contributed by atoms with van der Waals surface area (Å²) in [4.78, 5) is 21.3. The molecule has 108 valence electrons. The summed E-state index contributed by atoms with van der Waals surface area (Å²) in [6, 6.07) is 8.22. The molecular formula is C14H12N2O5. The lowest BCUT2D eigenvalue weighted by molar-refractivity contribution is -0.402. The van der Waals surface area contributed by atoms with Crippen LogP contribution < -0.4 is 10.1 Å². The topological polar surface area (TPSA) is 94.6 Å². The third-order valence-electron chi connectivity index (χ3n) is 3.19. The number of amides is 1. The number of aryl methyl sites for hydroxylation is 1. The van der Waals surface area contributed by atoms with Gasteiger partial charge in [0, 0.05) is 18.2 Å². The molecule has 1 amide bonds. The number of carbonyl (C=O) groups excluding carboxylic acids is 1. The number of nitro groups is 1. The number of rotatable bonds is 4. The summed E-state index contributed by atoms with van der Waals surface area (Å²) >= 11 is 0. The summed E-state index contributed by atoms with van der Waals surface area (Å²) in [5.41, 5.74) is 1.81. The van der Waals surface area contributed by atoms with Crippen molar-refractivity contribution >= 4 is 17.5 Å². The Hall–Kier alpha value is -2.83. The van der Waals surface area contributed by atoms with Crippen molar-refractivity contribution in [2.75, 3.05) is 5.32 Å². The molecule has 0 spiro atoms. The summed E-state index contributed by atoms with van der Waals surface area (Å²) in [5.74, 6) is 0.603. The van der Waals surface area contributed by atoms with Crippen LogP contribution in [0.25, 0.3) is 0 Å². The van der Waals surface area contributed by atoms with Crippen molar-refractivity contribution < 1.29 is 18.9 Å². The van der Waals surface area contributed by atoms with E-state index in [1.54, 1.807) is 12.1 Å². The largest absolute Gasteiger partial charge is 0.486 e. The molecule has 0 aliphatic carbocycles. The molecule has 0 radical (unpaired) electrons. The zero-order valence-electron chi connectivity index (χ0n) is 11.0. The second-order valence-electron chi connectivity index (χ2n) is 4.65. The van der Waals surface area contributed by atoms with E-state index in [1.807, 2.05) is 6.07 Å². The zero-order chi connectivity index (χ0) is 14.8. The highest BCUT2D eigenvalue weighted by molar-refractivity contribution is 5.94. The molecule has 0 atom stereocenters. The second-order valence-corrected chi connectivity index (χ2v) is 4.65. The molecule has 1 aromatic carbocycles. The number of nitrogens with one attached hydrogen (secondary N) is 1. The van der Waals surface area contributed by atoms with Gasteiger partial charge in [-0.05, 0) is 24.1 Å². The third-order valence-corrected chi connectivity index (χ3v) is 3.19. The Kier molecular flexibility index (Phi) is 3.31. The Morgan fingerprint density at radius 2 is 2.14 bits per heavy atom. The van der Waals surface area contributed by atoms with Crippen LogP contribution in [0, 0.1) is 10.1 Å². The van der Waals surface area contributed by atoms with Crippen LogP contribution >= 0.6 is 0 Å². The lowest BCUT2D eigenvalue weighted by Gasteiger charge is -2.17. The van der Waals surface area contributed by atoms with Crippen molar-refractivity contribution in [3.8, 4) is 5.75 Å². The normalized spacial score (nSPS) is 13.4. The lowest BCUT2D eigenvalue weighted by atomic mass is 10.0. The molecule has 21 heavy (non-hydrogen) atoms. The molecule has 1 N–H and O–H groups in total. The fourth-order valence-electron chi connectivity index (χ4n) is 2.14. The minimum Gasteiger partial charge on any atom is -0.486 e. The van der Waals surface area contributed by atoms with Gasteiger partial charge in [-0.1, -0.05) is 6.07 Å². The highest BCUT2D eigenvalue weighted by Crippen LogP contribution is 2.27. The first-order chi connectivity index (χ1) is 10.1. The highest BCUT2D eigenvalue weighted by atomic mass is 16.6. The van der Waals surface area contributed by atoms with Gasteiger partial charge in [-0.2, -0.15) is 0 Å². The Morgan fingerprint density at radius 3 is 2.90 bits per heavy atom. The molecule has 0 fully saturated rings. The SMILES string of the molecule is O=C1CCc2ccc(OCc3ccc([N+](=O)[O-])o3)cc2N1. The van der Waals surface area contributed by atoms with Crippen molar-refractivity contribution in [2.45, 2.75) is 19.4 Å². The summed E-state index contributed by atoms with van der Waals surface area (Å²) in [6.45, 7) is 0.0839. The average Bonchev–Trinajstić information content (AvgIpc) is 2.93. The maximum atomic E-state index is 11.4. The van der Waals surface area contributed by atoms with Gasteiger partial charge >= 0.3 is 5.88 Å². The van der Waals surface area contributed by atoms with Gasteiger partial charge in [0.1, 0.15) is 23.0 Å². The Labute approximate surface area is 119 Å². The van der Waals surface area contributed by atoms with Gasteiger partial charge in [0.15, 0.2) is 0 Å². The third kappa shape index (κ3) is 2.86. The summed E-state index contributed by atoms with van der Waals surface area (Å²) < 4.78 is 10.5. The molecule has 2 aromatic rings. The summed E-state index contributed by atoms with van der Waals surface area (Å²) in [7, 11) is 0. The van der Waals surface area contributed by atoms with Crippen LogP contribution in [0.4, 0.5) is 11.6 Å². The van der Waals surface area contributed by atoms with Crippen molar-refractivity contribution in [2.24, 2.45) is 0 Å². The Bertz CT molecular complexity index is 707. The number of nitrogens with zero attached hydrogens (tertiary/aromatic N) is 1. The van der Waals surface area contributed by atoms with Crippen LogP contribution in [0.3, 0.4) is 0 Å². The quantitative estimate of drug-likeness (QED) is 0.689. The molecule has 0 bridgehead atoms. The Morgan fingerprint density at radius 1 is 1.29 bits per heavy atom. The van der Waals surface area contributed by atoms with Crippen molar-refractivity contribution in [1.82, 2.24) is 0 Å². The lowest BCUT2D eigenvalue weighted by Crippen LogP contribution is -2.18. The number of hydrogen-bond donors (Lipinski definition) is 1. The summed E-state index contributed by atoms with van der Waals surface area (Å²) in [5, 5.41) is 13.3. The first-order valence-electron chi connectivity index (χ1n) is 6.40. The predicted octanol–water partition coefficient (Wildman–Crippen LogP) is 2.65. The fraction of sp³-hybridized carbons (Fsp3) is 0.214. The van der Waals surface area contributed by atoms with Gasteiger partial charge in [-0.25, -0.2) is 0 Å². The van der Waals surface area contributed by atoms with Gasteiger partial charge < -0.3 is 14.5 Å². The monoisotopic (exact) mass is 288 g/mol. The standard InChI is InChI=1S/C14H12N2O5/c17-13-5-2-9-1-3-10(7-12(9)15-13)20-8-11-4-6-14(21-11)16(18)19/h1,3-4,6-7H,2,5,8H2,(H,15,17). The van der Waals surface area contributed by atoms with Gasteiger partial charge in [0.05, 0.1) is 6.07 Å². The van der Waals surface area contributed by atoms with E-state index in [1.165, 1.54) is 12.1 Å². The average molecular weight is 288 g/mol. The second kappa shape index (κ2) is 5.28. The molecule has 1 aromatic heterocycles. The number of carbonyl (C=O) groups is 1. The van der Waals surface area contributed by atoms with Gasteiger partial charge in [0.2, 0.25) is 5.91 Å². The molecular weight excluding hydrogens is 276 g/mol. The number of benzene rings is 1. The number of fused-ring (bicyclic) bond motifs is 1. The molecule has 0 unspecified atom stereocenters. The van der Waals surface area contributed by atoms with Crippen molar-refractivity contribution in [3.05, 3.63) is 51.8 Å². The van der Waals surface area contributed by atoms with Crippen LogP contribution in [0.2, 0.25) is 0 Å². The molecule has 7 heteroatoms. The maximum Gasteiger partial charge on any atom is 0.433 e. The van der Waals surface area contributed by atoms with E-state index in [2.05, 4.69) is 5.32 Å². The van der Waals surface area contributed by atoms with E-state index >= 15 is 0 Å². The molecule has 0 saturated heterocycles. The molecule has 0 saturated carbocycles. The van der Waals surface area contributed by atoms with Crippen LogP contribution in [0.15, 0.2) is 34.7 Å². The maximum absolute atomic E-state index is 11.4. The number of anilines is 1. The minimum absolute atomic E-state index is 0.0127. The first kappa shape index (κ1) is 13.2. The molecule has 2 heterocycles. The number of furan rings is 1. The van der Waals surface area contributed by atoms with E-state index < -0.39 is 4.92 Å². The van der Waals surface area contributed by atoms with Crippen molar-refractivity contribution in [1.29, 1.82) is 0 Å². The van der Waals surface area contributed by atoms with Gasteiger partial charge in [0.25, 0.3) is 0 Å². The molecule has 1 aliphatic rings. The fourth-order valence-corrected chi connectivity index (χ4v) is 2.14. The minimum atomic E-state index is -0.599. The van der Waals surface area contributed by atoms with Crippen molar-refractivity contribution in [3.63, 3.8) is 0 Å².